The quantitative estimate of drug-likeness (QED) is 0.752. The highest BCUT2D eigenvalue weighted by molar-refractivity contribution is 7.97. The SMILES string of the molecule is Fc1ccc(C2CC3CN(CCN4Cc5ccccc5S4)CC32)cc1. The van der Waals surface area contributed by atoms with Crippen molar-refractivity contribution in [2.45, 2.75) is 23.8 Å². The monoisotopic (exact) mass is 354 g/mol. The molecule has 25 heavy (non-hydrogen) atoms. The Balaban J connectivity index is 1.14. The summed E-state index contributed by atoms with van der Waals surface area (Å²) < 4.78 is 15.6. The molecule has 3 atom stereocenters. The molecule has 5 rings (SSSR count). The molecule has 2 aromatic carbocycles. The zero-order chi connectivity index (χ0) is 16.8. The van der Waals surface area contributed by atoms with E-state index in [2.05, 4.69) is 33.5 Å². The molecule has 0 bridgehead atoms. The van der Waals surface area contributed by atoms with Gasteiger partial charge < -0.3 is 4.90 Å². The molecule has 2 aliphatic heterocycles. The van der Waals surface area contributed by atoms with E-state index in [9.17, 15) is 4.39 Å². The molecule has 0 aromatic heterocycles. The van der Waals surface area contributed by atoms with E-state index in [-0.39, 0.29) is 5.82 Å². The van der Waals surface area contributed by atoms with E-state index in [1.165, 1.54) is 35.5 Å². The smallest absolute Gasteiger partial charge is 0.123 e. The third kappa shape index (κ3) is 3.01. The molecule has 130 valence electrons. The van der Waals surface area contributed by atoms with Crippen molar-refractivity contribution in [2.75, 3.05) is 26.2 Å². The highest BCUT2D eigenvalue weighted by Crippen LogP contribution is 2.51. The number of benzene rings is 2. The van der Waals surface area contributed by atoms with Gasteiger partial charge in [0.25, 0.3) is 0 Å². The van der Waals surface area contributed by atoms with E-state index in [1.807, 2.05) is 24.1 Å². The Bertz CT molecular complexity index is 738. The minimum absolute atomic E-state index is 0.128. The lowest BCUT2D eigenvalue weighted by molar-refractivity contribution is 0.191. The first kappa shape index (κ1) is 15.9. The summed E-state index contributed by atoms with van der Waals surface area (Å²) >= 11 is 1.91. The molecule has 2 aromatic rings. The first-order valence-corrected chi connectivity index (χ1v) is 10.0. The van der Waals surface area contributed by atoms with Gasteiger partial charge in [0.2, 0.25) is 0 Å². The highest BCUT2D eigenvalue weighted by atomic mass is 32.2. The van der Waals surface area contributed by atoms with Crippen LogP contribution in [-0.4, -0.2) is 35.4 Å². The maximum absolute atomic E-state index is 13.1. The van der Waals surface area contributed by atoms with Crippen LogP contribution in [0.1, 0.15) is 23.5 Å². The Labute approximate surface area is 153 Å². The van der Waals surface area contributed by atoms with Crippen LogP contribution < -0.4 is 0 Å². The highest BCUT2D eigenvalue weighted by Gasteiger charge is 2.47. The number of hydrogen-bond acceptors (Lipinski definition) is 3. The number of hydrogen-bond donors (Lipinski definition) is 0. The van der Waals surface area contributed by atoms with E-state index >= 15 is 0 Å². The van der Waals surface area contributed by atoms with Gasteiger partial charge in [-0.1, -0.05) is 30.3 Å². The van der Waals surface area contributed by atoms with Crippen LogP contribution in [0.2, 0.25) is 0 Å². The molecule has 3 aliphatic rings. The predicted octanol–water partition coefficient (Wildman–Crippen LogP) is 4.38. The normalized spacial score (nSPS) is 28.6. The van der Waals surface area contributed by atoms with Gasteiger partial charge in [-0.25, -0.2) is 8.70 Å². The van der Waals surface area contributed by atoms with Crippen molar-refractivity contribution in [2.24, 2.45) is 11.8 Å². The number of fused-ring (bicyclic) bond motifs is 2. The van der Waals surface area contributed by atoms with Crippen LogP contribution >= 0.6 is 11.9 Å². The van der Waals surface area contributed by atoms with Crippen molar-refractivity contribution in [3.8, 4) is 0 Å². The predicted molar refractivity (Wildman–Crippen MR) is 99.9 cm³/mol. The van der Waals surface area contributed by atoms with Crippen molar-refractivity contribution >= 4 is 11.9 Å². The van der Waals surface area contributed by atoms with Gasteiger partial charge in [-0.2, -0.15) is 0 Å². The fourth-order valence-corrected chi connectivity index (χ4v) is 5.78. The second kappa shape index (κ2) is 6.42. The maximum atomic E-state index is 13.1. The molecule has 2 fully saturated rings. The van der Waals surface area contributed by atoms with Gasteiger partial charge in [-0.15, -0.1) is 0 Å². The van der Waals surface area contributed by atoms with Crippen LogP contribution in [0.4, 0.5) is 4.39 Å². The Kier molecular flexibility index (Phi) is 4.07. The lowest BCUT2D eigenvalue weighted by Crippen LogP contribution is -2.33. The van der Waals surface area contributed by atoms with E-state index < -0.39 is 0 Å². The molecule has 0 N–H and O–H groups in total. The van der Waals surface area contributed by atoms with Gasteiger partial charge in [0, 0.05) is 37.6 Å². The summed E-state index contributed by atoms with van der Waals surface area (Å²) in [5.74, 6) is 2.13. The summed E-state index contributed by atoms with van der Waals surface area (Å²) in [6.45, 7) is 5.80. The largest absolute Gasteiger partial charge is 0.301 e. The van der Waals surface area contributed by atoms with E-state index in [0.717, 1.165) is 31.5 Å². The fourth-order valence-electron chi connectivity index (χ4n) is 4.74. The molecule has 0 radical (unpaired) electrons. The minimum Gasteiger partial charge on any atom is -0.301 e. The number of halogens is 1. The van der Waals surface area contributed by atoms with Crippen molar-refractivity contribution in [1.29, 1.82) is 0 Å². The second-order valence-electron chi connectivity index (χ2n) is 7.64. The molecule has 0 amide bonds. The molecule has 2 nitrogen and oxygen atoms in total. The first-order valence-electron chi connectivity index (χ1n) is 9.25. The topological polar surface area (TPSA) is 6.48 Å². The third-order valence-corrected chi connectivity index (χ3v) is 7.32. The van der Waals surface area contributed by atoms with Crippen molar-refractivity contribution < 1.29 is 4.39 Å². The lowest BCUT2D eigenvalue weighted by Gasteiger charge is -2.40. The molecule has 1 aliphatic carbocycles. The van der Waals surface area contributed by atoms with Gasteiger partial charge >= 0.3 is 0 Å². The standard InChI is InChI=1S/C21H23FN2S/c22-18-7-5-15(6-8-18)19-11-17-12-23(14-20(17)19)9-10-24-13-16-3-1-2-4-21(16)25-24/h1-8,17,19-20H,9-14H2. The van der Waals surface area contributed by atoms with Gasteiger partial charge in [0.05, 0.1) is 0 Å². The average molecular weight is 354 g/mol. The van der Waals surface area contributed by atoms with E-state index in [4.69, 9.17) is 0 Å². The van der Waals surface area contributed by atoms with Gasteiger partial charge in [0.15, 0.2) is 0 Å². The molecule has 2 heterocycles. The summed E-state index contributed by atoms with van der Waals surface area (Å²) in [4.78, 5) is 4.06. The zero-order valence-corrected chi connectivity index (χ0v) is 15.1. The van der Waals surface area contributed by atoms with Crippen molar-refractivity contribution in [3.63, 3.8) is 0 Å². The van der Waals surface area contributed by atoms with Crippen molar-refractivity contribution in [1.82, 2.24) is 9.21 Å². The Hall–Kier alpha value is -1.36. The summed E-state index contributed by atoms with van der Waals surface area (Å²) in [5.41, 5.74) is 2.79. The molecule has 1 saturated heterocycles. The first-order chi connectivity index (χ1) is 12.3. The van der Waals surface area contributed by atoms with Crippen LogP contribution in [0, 0.1) is 17.7 Å². The Morgan fingerprint density at radius 3 is 2.68 bits per heavy atom. The number of rotatable bonds is 4. The van der Waals surface area contributed by atoms with Gasteiger partial charge in [-0.05, 0) is 65.4 Å². The summed E-state index contributed by atoms with van der Waals surface area (Å²) in [6, 6.07) is 15.9. The molecule has 4 heteroatoms. The van der Waals surface area contributed by atoms with Crippen LogP contribution in [0.15, 0.2) is 53.4 Å². The van der Waals surface area contributed by atoms with Crippen LogP contribution in [-0.2, 0) is 6.54 Å². The molecule has 1 saturated carbocycles. The lowest BCUT2D eigenvalue weighted by atomic mass is 9.64. The van der Waals surface area contributed by atoms with Gasteiger partial charge in [-0.3, -0.25) is 0 Å². The number of nitrogens with zero attached hydrogens (tertiary/aromatic N) is 2. The zero-order valence-electron chi connectivity index (χ0n) is 14.3. The molecule has 3 unspecified atom stereocenters. The fraction of sp³-hybridized carbons (Fsp3) is 0.429. The van der Waals surface area contributed by atoms with Crippen molar-refractivity contribution in [3.05, 3.63) is 65.5 Å². The maximum Gasteiger partial charge on any atom is 0.123 e. The van der Waals surface area contributed by atoms with Gasteiger partial charge in [0.1, 0.15) is 5.82 Å². The minimum atomic E-state index is -0.128. The average Bonchev–Trinajstić information content (AvgIpc) is 3.16. The third-order valence-electron chi connectivity index (χ3n) is 6.15. The number of likely N-dealkylation sites (tertiary alicyclic amines) is 1. The van der Waals surface area contributed by atoms with E-state index in [0.29, 0.717) is 5.92 Å². The van der Waals surface area contributed by atoms with E-state index in [1.54, 1.807) is 12.1 Å². The Morgan fingerprint density at radius 2 is 1.84 bits per heavy atom. The summed E-state index contributed by atoms with van der Waals surface area (Å²) in [5, 5.41) is 0. The Morgan fingerprint density at radius 1 is 1.00 bits per heavy atom. The summed E-state index contributed by atoms with van der Waals surface area (Å²) in [6.07, 6.45) is 1.27. The van der Waals surface area contributed by atoms with Crippen LogP contribution in [0.3, 0.4) is 0 Å². The molecule has 0 spiro atoms. The molecular formula is C21H23FN2S. The summed E-state index contributed by atoms with van der Waals surface area (Å²) in [7, 11) is 0. The van der Waals surface area contributed by atoms with Crippen LogP contribution in [0.25, 0.3) is 0 Å². The second-order valence-corrected chi connectivity index (χ2v) is 8.78. The molecular weight excluding hydrogens is 331 g/mol. The van der Waals surface area contributed by atoms with Crippen LogP contribution in [0.5, 0.6) is 0 Å².